The first-order valence-corrected chi connectivity index (χ1v) is 8.69. The van der Waals surface area contributed by atoms with Crippen LogP contribution in [0, 0.1) is 0 Å². The quantitative estimate of drug-likeness (QED) is 0.600. The van der Waals surface area contributed by atoms with Gasteiger partial charge >= 0.3 is 5.97 Å². The van der Waals surface area contributed by atoms with Crippen LogP contribution in [-0.4, -0.2) is 31.3 Å². The van der Waals surface area contributed by atoms with Crippen molar-refractivity contribution < 1.29 is 19.1 Å². The molecule has 1 atom stereocenters. The highest BCUT2D eigenvalue weighted by atomic mass is 35.5. The van der Waals surface area contributed by atoms with E-state index in [1.165, 1.54) is 24.9 Å². The molecule has 0 aromatic heterocycles. The minimum Gasteiger partial charge on any atom is -0.497 e. The Bertz CT molecular complexity index is 764. The lowest BCUT2D eigenvalue weighted by molar-refractivity contribution is -0.115. The summed E-state index contributed by atoms with van der Waals surface area (Å²) in [5.41, 5.74) is 0.689. The number of anilines is 1. The third-order valence-electron chi connectivity index (χ3n) is 3.39. The van der Waals surface area contributed by atoms with E-state index in [0.29, 0.717) is 16.3 Å². The van der Waals surface area contributed by atoms with E-state index in [0.717, 1.165) is 10.6 Å². The molecular weight excluding hydrogens is 362 g/mol. The van der Waals surface area contributed by atoms with E-state index in [1.54, 1.807) is 26.2 Å². The van der Waals surface area contributed by atoms with Crippen molar-refractivity contribution in [1.82, 2.24) is 0 Å². The molecule has 0 saturated heterocycles. The second kappa shape index (κ2) is 8.78. The second-order valence-electron chi connectivity index (χ2n) is 5.11. The lowest BCUT2D eigenvalue weighted by atomic mass is 10.2. The normalized spacial score (nSPS) is 11.5. The van der Waals surface area contributed by atoms with Crippen LogP contribution < -0.4 is 10.1 Å². The molecule has 1 N–H and O–H groups in total. The first-order valence-electron chi connectivity index (χ1n) is 7.44. The largest absolute Gasteiger partial charge is 0.497 e. The van der Waals surface area contributed by atoms with Gasteiger partial charge in [0.05, 0.1) is 35.7 Å². The van der Waals surface area contributed by atoms with E-state index in [4.69, 9.17) is 16.3 Å². The van der Waals surface area contributed by atoms with E-state index >= 15 is 0 Å². The van der Waals surface area contributed by atoms with E-state index < -0.39 is 5.97 Å². The molecule has 0 unspecified atom stereocenters. The molecule has 0 heterocycles. The molecule has 25 heavy (non-hydrogen) atoms. The first kappa shape index (κ1) is 19.1. The minimum absolute atomic E-state index is 0.218. The van der Waals surface area contributed by atoms with Gasteiger partial charge in [0, 0.05) is 4.90 Å². The van der Waals surface area contributed by atoms with Gasteiger partial charge in [-0.3, -0.25) is 4.79 Å². The highest BCUT2D eigenvalue weighted by Crippen LogP contribution is 2.28. The van der Waals surface area contributed by atoms with Gasteiger partial charge in [0.1, 0.15) is 5.75 Å². The van der Waals surface area contributed by atoms with Crippen LogP contribution in [0.15, 0.2) is 47.4 Å². The van der Waals surface area contributed by atoms with Crippen molar-refractivity contribution in [2.75, 3.05) is 19.5 Å². The molecule has 0 aliphatic heterocycles. The molecule has 5 nitrogen and oxygen atoms in total. The summed E-state index contributed by atoms with van der Waals surface area (Å²) in [6.45, 7) is 1.79. The molecular formula is C18H18ClNO4S. The van der Waals surface area contributed by atoms with Crippen molar-refractivity contribution >= 4 is 40.9 Å². The average Bonchev–Trinajstić information content (AvgIpc) is 2.63. The molecule has 0 fully saturated rings. The number of methoxy groups -OCH3 is 2. The number of carbonyl (C=O) groups excluding carboxylic acids is 2. The van der Waals surface area contributed by atoms with Gasteiger partial charge < -0.3 is 14.8 Å². The maximum absolute atomic E-state index is 12.4. The summed E-state index contributed by atoms with van der Waals surface area (Å²) in [7, 11) is 2.90. The molecule has 0 spiro atoms. The summed E-state index contributed by atoms with van der Waals surface area (Å²) in [4.78, 5) is 25.0. The van der Waals surface area contributed by atoms with Crippen LogP contribution in [0.25, 0.3) is 0 Å². The molecule has 0 aliphatic rings. The molecule has 0 aliphatic carbocycles. The molecule has 2 rings (SSSR count). The Morgan fingerprint density at radius 2 is 1.80 bits per heavy atom. The van der Waals surface area contributed by atoms with Crippen LogP contribution in [-0.2, 0) is 9.53 Å². The summed E-state index contributed by atoms with van der Waals surface area (Å²) < 4.78 is 9.78. The van der Waals surface area contributed by atoms with E-state index in [2.05, 4.69) is 10.1 Å². The Morgan fingerprint density at radius 1 is 1.12 bits per heavy atom. The predicted octanol–water partition coefficient (Wildman–Crippen LogP) is 4.25. The lowest BCUT2D eigenvalue weighted by Gasteiger charge is -2.14. The number of carbonyl (C=O) groups is 2. The average molecular weight is 380 g/mol. The molecule has 7 heteroatoms. The van der Waals surface area contributed by atoms with Gasteiger partial charge in [-0.15, -0.1) is 11.8 Å². The summed E-state index contributed by atoms with van der Waals surface area (Å²) in [6.07, 6.45) is 0. The Morgan fingerprint density at radius 3 is 2.40 bits per heavy atom. The van der Waals surface area contributed by atoms with Crippen molar-refractivity contribution in [3.63, 3.8) is 0 Å². The highest BCUT2D eigenvalue weighted by Gasteiger charge is 2.17. The maximum atomic E-state index is 12.4. The Kier molecular flexibility index (Phi) is 6.73. The summed E-state index contributed by atoms with van der Waals surface area (Å²) in [5.74, 6) is 0.0467. The van der Waals surface area contributed by atoms with Crippen LogP contribution in [0.5, 0.6) is 5.75 Å². The number of halogens is 1. The highest BCUT2D eigenvalue weighted by molar-refractivity contribution is 8.00. The summed E-state index contributed by atoms with van der Waals surface area (Å²) in [5, 5.41) is 2.74. The third-order valence-corrected chi connectivity index (χ3v) is 4.83. The number of benzene rings is 2. The molecule has 2 aromatic rings. The molecule has 1 amide bonds. The zero-order valence-corrected chi connectivity index (χ0v) is 15.6. The predicted molar refractivity (Wildman–Crippen MR) is 99.7 cm³/mol. The third kappa shape index (κ3) is 5.14. The van der Waals surface area contributed by atoms with Gasteiger partial charge in [0.15, 0.2) is 0 Å². The lowest BCUT2D eigenvalue weighted by Crippen LogP contribution is -2.22. The molecule has 0 bridgehead atoms. The van der Waals surface area contributed by atoms with Gasteiger partial charge in [-0.25, -0.2) is 4.79 Å². The van der Waals surface area contributed by atoms with Crippen LogP contribution in [0.4, 0.5) is 5.69 Å². The van der Waals surface area contributed by atoms with Crippen LogP contribution in [0.2, 0.25) is 5.02 Å². The van der Waals surface area contributed by atoms with Crippen molar-refractivity contribution in [3.8, 4) is 5.75 Å². The second-order valence-corrected chi connectivity index (χ2v) is 6.93. The number of rotatable bonds is 6. The van der Waals surface area contributed by atoms with E-state index in [1.807, 2.05) is 24.3 Å². The number of hydrogen-bond acceptors (Lipinski definition) is 5. The first-order chi connectivity index (χ1) is 11.9. The molecule has 0 radical (unpaired) electrons. The van der Waals surface area contributed by atoms with Gasteiger partial charge in [0.2, 0.25) is 5.91 Å². The van der Waals surface area contributed by atoms with Crippen molar-refractivity contribution in [3.05, 3.63) is 53.1 Å². The number of ether oxygens (including phenoxy) is 2. The number of esters is 1. The Hall–Kier alpha value is -2.18. The summed E-state index contributed by atoms with van der Waals surface area (Å²) >= 11 is 7.51. The van der Waals surface area contributed by atoms with Crippen LogP contribution in [0.1, 0.15) is 17.3 Å². The van der Waals surface area contributed by atoms with Gasteiger partial charge in [-0.1, -0.05) is 11.6 Å². The Labute approximate surface area is 155 Å². The fraction of sp³-hybridized carbons (Fsp3) is 0.222. The molecule has 2 aromatic carbocycles. The summed E-state index contributed by atoms with van der Waals surface area (Å²) in [6, 6.07) is 12.0. The smallest absolute Gasteiger partial charge is 0.337 e. The van der Waals surface area contributed by atoms with Crippen molar-refractivity contribution in [1.29, 1.82) is 0 Å². The number of nitrogens with one attached hydrogen (secondary N) is 1. The fourth-order valence-corrected chi connectivity index (χ4v) is 3.04. The number of hydrogen-bond donors (Lipinski definition) is 1. The van der Waals surface area contributed by atoms with Gasteiger partial charge in [-0.05, 0) is 49.4 Å². The van der Waals surface area contributed by atoms with E-state index in [9.17, 15) is 9.59 Å². The topological polar surface area (TPSA) is 64.6 Å². The fourth-order valence-electron chi connectivity index (χ4n) is 2.01. The van der Waals surface area contributed by atoms with Gasteiger partial charge in [0.25, 0.3) is 0 Å². The van der Waals surface area contributed by atoms with Gasteiger partial charge in [-0.2, -0.15) is 0 Å². The van der Waals surface area contributed by atoms with Crippen LogP contribution in [0.3, 0.4) is 0 Å². The number of thioether (sulfide) groups is 1. The maximum Gasteiger partial charge on any atom is 0.337 e. The van der Waals surface area contributed by atoms with Crippen LogP contribution >= 0.6 is 23.4 Å². The minimum atomic E-state index is -0.493. The standard InChI is InChI=1S/C18H18ClNO4S/c1-11(25-14-7-5-13(23-2)6-8-14)17(21)20-16-10-12(18(22)24-3)4-9-15(16)19/h4-11H,1-3H3,(H,20,21)/t11-/m1/s1. The van der Waals surface area contributed by atoms with E-state index in [-0.39, 0.29) is 11.2 Å². The molecule has 132 valence electrons. The monoisotopic (exact) mass is 379 g/mol. The SMILES string of the molecule is COC(=O)c1ccc(Cl)c(NC(=O)[C@@H](C)Sc2ccc(OC)cc2)c1. The number of amides is 1. The van der Waals surface area contributed by atoms with Crippen molar-refractivity contribution in [2.45, 2.75) is 17.1 Å². The Balaban J connectivity index is 2.06. The zero-order valence-electron chi connectivity index (χ0n) is 14.0. The van der Waals surface area contributed by atoms with Crippen molar-refractivity contribution in [2.24, 2.45) is 0 Å². The zero-order chi connectivity index (χ0) is 18.4. The molecule has 0 saturated carbocycles.